The first-order valence-corrected chi connectivity index (χ1v) is 8.57. The van der Waals surface area contributed by atoms with Crippen LogP contribution in [0.1, 0.15) is 39.0 Å². The molecule has 1 saturated carbocycles. The Kier molecular flexibility index (Phi) is 6.22. The Morgan fingerprint density at radius 3 is 2.42 bits per heavy atom. The largest absolute Gasteiger partial charge is 0.355 e. The maximum absolute atomic E-state index is 12.2. The molecule has 0 aromatic rings. The van der Waals surface area contributed by atoms with Gasteiger partial charge in [0.25, 0.3) is 0 Å². The number of sulfonamides is 1. The standard InChI is InChI=1S/C12H25N3O3S/c1-2-15-19(17,18)9-8-14-11(16)12(10-13)6-4-3-5-7-12/h15H,2-10,13H2,1H3,(H,14,16). The molecule has 1 amide bonds. The smallest absolute Gasteiger partial charge is 0.227 e. The Bertz CT molecular complexity index is 389. The van der Waals surface area contributed by atoms with Crippen molar-refractivity contribution >= 4 is 15.9 Å². The minimum Gasteiger partial charge on any atom is -0.355 e. The lowest BCUT2D eigenvalue weighted by molar-refractivity contribution is -0.132. The molecule has 0 bridgehead atoms. The number of hydrogen-bond acceptors (Lipinski definition) is 4. The van der Waals surface area contributed by atoms with Gasteiger partial charge < -0.3 is 11.1 Å². The number of amides is 1. The molecule has 1 rings (SSSR count). The summed E-state index contributed by atoms with van der Waals surface area (Å²) in [5.74, 6) is -0.186. The molecule has 0 saturated heterocycles. The third kappa shape index (κ3) is 4.74. The molecular formula is C12H25N3O3S. The Morgan fingerprint density at radius 2 is 1.89 bits per heavy atom. The minimum atomic E-state index is -3.28. The van der Waals surface area contributed by atoms with Crippen molar-refractivity contribution in [1.29, 1.82) is 0 Å². The molecule has 1 aliphatic carbocycles. The van der Waals surface area contributed by atoms with Gasteiger partial charge in [-0.1, -0.05) is 26.2 Å². The van der Waals surface area contributed by atoms with Crippen molar-refractivity contribution in [2.75, 3.05) is 25.4 Å². The molecular weight excluding hydrogens is 266 g/mol. The lowest BCUT2D eigenvalue weighted by atomic mass is 9.73. The summed E-state index contributed by atoms with van der Waals surface area (Å²) in [4.78, 5) is 12.2. The number of carbonyl (C=O) groups is 1. The molecule has 0 radical (unpaired) electrons. The van der Waals surface area contributed by atoms with E-state index in [0.29, 0.717) is 13.1 Å². The van der Waals surface area contributed by atoms with Gasteiger partial charge in [-0.3, -0.25) is 4.79 Å². The van der Waals surface area contributed by atoms with Crippen molar-refractivity contribution < 1.29 is 13.2 Å². The number of hydrogen-bond donors (Lipinski definition) is 3. The molecule has 112 valence electrons. The van der Waals surface area contributed by atoms with E-state index in [1.807, 2.05) is 0 Å². The molecule has 0 aromatic heterocycles. The fraction of sp³-hybridized carbons (Fsp3) is 0.917. The van der Waals surface area contributed by atoms with Gasteiger partial charge in [0.15, 0.2) is 0 Å². The summed E-state index contributed by atoms with van der Waals surface area (Å²) in [5.41, 5.74) is 5.27. The average molecular weight is 291 g/mol. The lowest BCUT2D eigenvalue weighted by Gasteiger charge is -2.34. The van der Waals surface area contributed by atoms with Crippen molar-refractivity contribution in [2.45, 2.75) is 39.0 Å². The number of rotatable bonds is 7. The summed E-state index contributed by atoms with van der Waals surface area (Å²) in [5, 5.41) is 2.72. The SMILES string of the molecule is CCNS(=O)(=O)CCNC(=O)C1(CN)CCCCC1. The summed E-state index contributed by atoms with van der Waals surface area (Å²) in [6.45, 7) is 2.55. The van der Waals surface area contributed by atoms with Gasteiger partial charge in [0.1, 0.15) is 0 Å². The molecule has 6 nitrogen and oxygen atoms in total. The van der Waals surface area contributed by atoms with Gasteiger partial charge in [0, 0.05) is 19.6 Å². The Hall–Kier alpha value is -0.660. The van der Waals surface area contributed by atoms with Crippen LogP contribution in [-0.4, -0.2) is 39.7 Å². The molecule has 4 N–H and O–H groups in total. The van der Waals surface area contributed by atoms with Crippen LogP contribution in [0, 0.1) is 5.41 Å². The fourth-order valence-electron chi connectivity index (χ4n) is 2.53. The van der Waals surface area contributed by atoms with E-state index >= 15 is 0 Å². The van der Waals surface area contributed by atoms with Crippen LogP contribution >= 0.6 is 0 Å². The van der Waals surface area contributed by atoms with Crippen LogP contribution in [0.5, 0.6) is 0 Å². The molecule has 0 heterocycles. The van der Waals surface area contributed by atoms with Gasteiger partial charge in [-0.15, -0.1) is 0 Å². The topological polar surface area (TPSA) is 101 Å². The van der Waals surface area contributed by atoms with Crippen LogP contribution in [0.4, 0.5) is 0 Å². The molecule has 7 heteroatoms. The van der Waals surface area contributed by atoms with Crippen LogP contribution in [0.15, 0.2) is 0 Å². The van der Waals surface area contributed by atoms with E-state index in [0.717, 1.165) is 32.1 Å². The van der Waals surface area contributed by atoms with Gasteiger partial charge in [0.2, 0.25) is 15.9 Å². The molecule has 0 aliphatic heterocycles. The second-order valence-electron chi connectivity index (χ2n) is 5.12. The van der Waals surface area contributed by atoms with E-state index in [1.165, 1.54) is 0 Å². The van der Waals surface area contributed by atoms with E-state index in [9.17, 15) is 13.2 Å². The summed E-state index contributed by atoms with van der Waals surface area (Å²) < 4.78 is 25.3. The minimum absolute atomic E-state index is 0.0900. The molecule has 1 aliphatic rings. The van der Waals surface area contributed by atoms with Gasteiger partial charge in [-0.05, 0) is 12.8 Å². The van der Waals surface area contributed by atoms with E-state index in [4.69, 9.17) is 5.73 Å². The zero-order chi connectivity index (χ0) is 14.4. The summed E-state index contributed by atoms with van der Waals surface area (Å²) in [6, 6.07) is 0. The fourth-order valence-corrected chi connectivity index (χ4v) is 3.49. The first kappa shape index (κ1) is 16.4. The normalized spacial score (nSPS) is 19.1. The summed E-state index contributed by atoms with van der Waals surface area (Å²) >= 11 is 0. The van der Waals surface area contributed by atoms with Crippen molar-refractivity contribution in [1.82, 2.24) is 10.0 Å². The Morgan fingerprint density at radius 1 is 1.26 bits per heavy atom. The van der Waals surface area contributed by atoms with E-state index in [1.54, 1.807) is 6.92 Å². The van der Waals surface area contributed by atoms with Gasteiger partial charge in [0.05, 0.1) is 11.2 Å². The Balaban J connectivity index is 2.46. The van der Waals surface area contributed by atoms with Crippen LogP contribution in [0.2, 0.25) is 0 Å². The molecule has 1 fully saturated rings. The summed E-state index contributed by atoms with van der Waals surface area (Å²) in [6.07, 6.45) is 4.77. The average Bonchev–Trinajstić information content (AvgIpc) is 2.39. The zero-order valence-corrected chi connectivity index (χ0v) is 12.4. The van der Waals surface area contributed by atoms with E-state index in [-0.39, 0.29) is 18.2 Å². The first-order chi connectivity index (χ1) is 8.96. The van der Waals surface area contributed by atoms with E-state index < -0.39 is 15.4 Å². The molecule has 0 spiro atoms. The zero-order valence-electron chi connectivity index (χ0n) is 11.6. The maximum Gasteiger partial charge on any atom is 0.227 e. The van der Waals surface area contributed by atoms with Crippen LogP contribution < -0.4 is 15.8 Å². The van der Waals surface area contributed by atoms with Gasteiger partial charge in [-0.25, -0.2) is 13.1 Å². The highest BCUT2D eigenvalue weighted by Gasteiger charge is 2.37. The van der Waals surface area contributed by atoms with Crippen LogP contribution in [0.25, 0.3) is 0 Å². The highest BCUT2D eigenvalue weighted by Crippen LogP contribution is 2.35. The predicted molar refractivity (Wildman–Crippen MR) is 75.0 cm³/mol. The van der Waals surface area contributed by atoms with Crippen molar-refractivity contribution in [3.63, 3.8) is 0 Å². The first-order valence-electron chi connectivity index (χ1n) is 6.91. The van der Waals surface area contributed by atoms with Crippen LogP contribution in [-0.2, 0) is 14.8 Å². The van der Waals surface area contributed by atoms with Crippen molar-refractivity contribution in [3.05, 3.63) is 0 Å². The summed E-state index contributed by atoms with van der Waals surface area (Å²) in [7, 11) is -3.28. The van der Waals surface area contributed by atoms with Crippen molar-refractivity contribution in [3.8, 4) is 0 Å². The highest BCUT2D eigenvalue weighted by molar-refractivity contribution is 7.89. The Labute approximate surface area is 115 Å². The molecule has 0 aromatic carbocycles. The lowest BCUT2D eigenvalue weighted by Crippen LogP contribution is -2.48. The molecule has 0 unspecified atom stereocenters. The van der Waals surface area contributed by atoms with Gasteiger partial charge in [-0.2, -0.15) is 0 Å². The van der Waals surface area contributed by atoms with E-state index in [2.05, 4.69) is 10.0 Å². The second kappa shape index (κ2) is 7.21. The number of carbonyl (C=O) groups excluding carboxylic acids is 1. The monoisotopic (exact) mass is 291 g/mol. The quantitative estimate of drug-likeness (QED) is 0.612. The highest BCUT2D eigenvalue weighted by atomic mass is 32.2. The second-order valence-corrected chi connectivity index (χ2v) is 7.04. The predicted octanol–water partition coefficient (Wildman–Crippen LogP) is -0.0489. The molecule has 0 atom stereocenters. The van der Waals surface area contributed by atoms with Gasteiger partial charge >= 0.3 is 0 Å². The number of nitrogens with two attached hydrogens (primary N) is 1. The number of nitrogens with one attached hydrogen (secondary N) is 2. The maximum atomic E-state index is 12.2. The third-order valence-corrected chi connectivity index (χ3v) is 5.17. The molecule has 19 heavy (non-hydrogen) atoms. The van der Waals surface area contributed by atoms with Crippen molar-refractivity contribution in [2.24, 2.45) is 11.1 Å². The van der Waals surface area contributed by atoms with Crippen LogP contribution in [0.3, 0.4) is 0 Å². The third-order valence-electron chi connectivity index (χ3n) is 3.70.